The smallest absolute Gasteiger partial charge is 0.347 e. The Bertz CT molecular complexity index is 1040. The number of nitrogens with zero attached hydrogens (tertiary/aromatic N) is 1. The maximum absolute atomic E-state index is 12.3. The molecule has 1 heterocycles. The Balaban J connectivity index is 1.47. The molecular formula is C23H24N2O3. The lowest BCUT2D eigenvalue weighted by Crippen LogP contribution is -2.14. The first-order chi connectivity index (χ1) is 13.7. The van der Waals surface area contributed by atoms with E-state index in [1.165, 1.54) is 32.1 Å². The summed E-state index contributed by atoms with van der Waals surface area (Å²) in [6.07, 6.45) is 7.89. The molecule has 0 aliphatic heterocycles. The van der Waals surface area contributed by atoms with Crippen LogP contribution in [0.2, 0.25) is 0 Å². The fourth-order valence-electron chi connectivity index (χ4n) is 3.91. The topological polar surface area (TPSA) is 72.2 Å². The van der Waals surface area contributed by atoms with Gasteiger partial charge in [-0.15, -0.1) is 0 Å². The Labute approximate surface area is 163 Å². The van der Waals surface area contributed by atoms with Crippen molar-refractivity contribution in [1.29, 1.82) is 0 Å². The van der Waals surface area contributed by atoms with E-state index in [1.54, 1.807) is 24.3 Å². The highest BCUT2D eigenvalue weighted by Gasteiger charge is 2.15. The van der Waals surface area contributed by atoms with Gasteiger partial charge in [-0.3, -0.25) is 4.79 Å². The van der Waals surface area contributed by atoms with E-state index in [0.717, 1.165) is 6.42 Å². The molecule has 1 aromatic heterocycles. The lowest BCUT2D eigenvalue weighted by atomic mass is 9.86. The molecule has 0 bridgehead atoms. The molecule has 0 unspecified atom stereocenters. The minimum Gasteiger partial charge on any atom is -0.403 e. The highest BCUT2D eigenvalue weighted by molar-refractivity contribution is 5.91. The molecule has 0 atom stereocenters. The summed E-state index contributed by atoms with van der Waals surface area (Å²) in [6, 6.07) is 14.4. The second-order valence-electron chi connectivity index (χ2n) is 7.50. The fourth-order valence-corrected chi connectivity index (χ4v) is 3.91. The van der Waals surface area contributed by atoms with Crippen LogP contribution >= 0.6 is 0 Å². The lowest BCUT2D eigenvalue weighted by Gasteiger charge is -2.21. The second-order valence-corrected chi connectivity index (χ2v) is 7.50. The average Bonchev–Trinajstić information content (AvgIpc) is 2.73. The number of aromatic nitrogens is 1. The number of rotatable bonds is 5. The molecule has 0 spiro atoms. The third-order valence-electron chi connectivity index (χ3n) is 5.43. The third-order valence-corrected chi connectivity index (χ3v) is 5.43. The zero-order valence-electron chi connectivity index (χ0n) is 15.8. The average molecular weight is 376 g/mol. The minimum absolute atomic E-state index is 0.0237. The Kier molecular flexibility index (Phi) is 5.51. The maximum atomic E-state index is 12.3. The standard InChI is InChI=1S/C23H24N2O3/c26-21(14-13-16-7-2-1-3-8-16)24-18-10-6-9-17(15-18)22-25-20-12-5-4-11-19(20)23(27)28-22/h4-6,9-12,15-16H,1-3,7-8,13-14H2,(H,24,26). The van der Waals surface area contributed by atoms with Crippen molar-refractivity contribution >= 4 is 22.5 Å². The van der Waals surface area contributed by atoms with Crippen molar-refractivity contribution in [1.82, 2.24) is 4.98 Å². The van der Waals surface area contributed by atoms with E-state index in [-0.39, 0.29) is 11.8 Å². The molecule has 3 aromatic rings. The van der Waals surface area contributed by atoms with Crippen LogP contribution in [-0.2, 0) is 4.79 Å². The second kappa shape index (κ2) is 8.38. The van der Waals surface area contributed by atoms with Gasteiger partial charge in [-0.05, 0) is 42.7 Å². The summed E-state index contributed by atoms with van der Waals surface area (Å²) in [5.41, 5.74) is 1.52. The molecule has 4 rings (SSSR count). The van der Waals surface area contributed by atoms with Gasteiger partial charge in [0.1, 0.15) is 0 Å². The van der Waals surface area contributed by atoms with Gasteiger partial charge in [0.25, 0.3) is 0 Å². The van der Waals surface area contributed by atoms with Crippen LogP contribution in [0.1, 0.15) is 44.9 Å². The van der Waals surface area contributed by atoms with Crippen molar-refractivity contribution < 1.29 is 9.21 Å². The number of hydrogen-bond acceptors (Lipinski definition) is 4. The summed E-state index contributed by atoms with van der Waals surface area (Å²) < 4.78 is 5.38. The van der Waals surface area contributed by atoms with Crippen molar-refractivity contribution in [2.75, 3.05) is 5.32 Å². The maximum Gasteiger partial charge on any atom is 0.347 e. The van der Waals surface area contributed by atoms with E-state index in [0.29, 0.717) is 34.5 Å². The Morgan fingerprint density at radius 3 is 2.75 bits per heavy atom. The van der Waals surface area contributed by atoms with Crippen LogP contribution < -0.4 is 10.9 Å². The number of amides is 1. The predicted molar refractivity (Wildman–Crippen MR) is 110 cm³/mol. The van der Waals surface area contributed by atoms with Gasteiger partial charge in [-0.25, -0.2) is 9.78 Å². The Morgan fingerprint density at radius 2 is 1.89 bits per heavy atom. The Morgan fingerprint density at radius 1 is 1.07 bits per heavy atom. The molecule has 1 fully saturated rings. The Hall–Kier alpha value is -2.95. The van der Waals surface area contributed by atoms with Crippen LogP contribution in [0, 0.1) is 5.92 Å². The number of nitrogens with one attached hydrogen (secondary N) is 1. The van der Waals surface area contributed by atoms with E-state index in [2.05, 4.69) is 10.3 Å². The highest BCUT2D eigenvalue weighted by Crippen LogP contribution is 2.27. The zero-order valence-corrected chi connectivity index (χ0v) is 15.8. The molecule has 28 heavy (non-hydrogen) atoms. The van der Waals surface area contributed by atoms with Crippen molar-refractivity contribution in [3.63, 3.8) is 0 Å². The van der Waals surface area contributed by atoms with Gasteiger partial charge in [-0.1, -0.05) is 50.3 Å². The first-order valence-corrected chi connectivity index (χ1v) is 9.99. The first kappa shape index (κ1) is 18.4. The van der Waals surface area contributed by atoms with Crippen molar-refractivity contribution in [2.45, 2.75) is 44.9 Å². The molecule has 0 radical (unpaired) electrons. The summed E-state index contributed by atoms with van der Waals surface area (Å²) in [6.45, 7) is 0. The summed E-state index contributed by atoms with van der Waals surface area (Å²) in [4.78, 5) is 29.0. The van der Waals surface area contributed by atoms with Gasteiger partial charge in [0.2, 0.25) is 11.8 Å². The summed E-state index contributed by atoms with van der Waals surface area (Å²) >= 11 is 0. The van der Waals surface area contributed by atoms with Crippen LogP contribution in [0.15, 0.2) is 57.7 Å². The van der Waals surface area contributed by atoms with E-state index >= 15 is 0 Å². The predicted octanol–water partition coefficient (Wildman–Crippen LogP) is 5.15. The monoisotopic (exact) mass is 376 g/mol. The van der Waals surface area contributed by atoms with Crippen molar-refractivity contribution in [3.05, 3.63) is 59.0 Å². The molecule has 144 valence electrons. The van der Waals surface area contributed by atoms with Crippen LogP contribution in [0.3, 0.4) is 0 Å². The number of anilines is 1. The molecular weight excluding hydrogens is 352 g/mol. The summed E-state index contributed by atoms with van der Waals surface area (Å²) in [5, 5.41) is 3.41. The van der Waals surface area contributed by atoms with E-state index in [1.807, 2.05) is 24.3 Å². The number of carbonyl (C=O) groups excluding carboxylic acids is 1. The molecule has 1 N–H and O–H groups in total. The van der Waals surface area contributed by atoms with Gasteiger partial charge in [0, 0.05) is 17.7 Å². The highest BCUT2D eigenvalue weighted by atomic mass is 16.4. The molecule has 1 amide bonds. The lowest BCUT2D eigenvalue weighted by molar-refractivity contribution is -0.116. The van der Waals surface area contributed by atoms with E-state index < -0.39 is 5.63 Å². The SMILES string of the molecule is O=C(CCC1CCCCC1)Nc1cccc(-c2nc3ccccc3c(=O)o2)c1. The number of hydrogen-bond donors (Lipinski definition) is 1. The number of benzene rings is 2. The first-order valence-electron chi connectivity index (χ1n) is 9.99. The van der Waals surface area contributed by atoms with Crippen molar-refractivity contribution in [3.8, 4) is 11.5 Å². The molecule has 1 aliphatic rings. The van der Waals surface area contributed by atoms with E-state index in [9.17, 15) is 9.59 Å². The van der Waals surface area contributed by atoms with Gasteiger partial charge in [0.15, 0.2) is 0 Å². The number of fused-ring (bicyclic) bond motifs is 1. The van der Waals surface area contributed by atoms with Crippen LogP contribution in [0.4, 0.5) is 5.69 Å². The largest absolute Gasteiger partial charge is 0.403 e. The number of para-hydroxylation sites is 1. The summed E-state index contributed by atoms with van der Waals surface area (Å²) in [5.74, 6) is 0.958. The zero-order chi connectivity index (χ0) is 19.3. The molecule has 2 aromatic carbocycles. The third kappa shape index (κ3) is 4.30. The van der Waals surface area contributed by atoms with Crippen LogP contribution in [0.5, 0.6) is 0 Å². The molecule has 1 aliphatic carbocycles. The normalized spacial score (nSPS) is 14.9. The van der Waals surface area contributed by atoms with Gasteiger partial charge in [-0.2, -0.15) is 0 Å². The van der Waals surface area contributed by atoms with E-state index in [4.69, 9.17) is 4.42 Å². The molecule has 5 heteroatoms. The van der Waals surface area contributed by atoms with Crippen molar-refractivity contribution in [2.24, 2.45) is 5.92 Å². The molecule has 1 saturated carbocycles. The molecule has 5 nitrogen and oxygen atoms in total. The van der Waals surface area contributed by atoms with Gasteiger partial charge in [0.05, 0.1) is 10.9 Å². The minimum atomic E-state index is -0.414. The van der Waals surface area contributed by atoms with Crippen LogP contribution in [0.25, 0.3) is 22.4 Å². The number of carbonyl (C=O) groups is 1. The quantitative estimate of drug-likeness (QED) is 0.668. The fraction of sp³-hybridized carbons (Fsp3) is 0.348. The molecule has 0 saturated heterocycles. The summed E-state index contributed by atoms with van der Waals surface area (Å²) in [7, 11) is 0. The van der Waals surface area contributed by atoms with Gasteiger partial charge < -0.3 is 9.73 Å². The van der Waals surface area contributed by atoms with Crippen LogP contribution in [-0.4, -0.2) is 10.9 Å². The van der Waals surface area contributed by atoms with Gasteiger partial charge >= 0.3 is 5.63 Å².